The van der Waals surface area contributed by atoms with E-state index in [9.17, 15) is 9.18 Å². The molecule has 1 aromatic rings. The molecule has 0 saturated heterocycles. The Balaban J connectivity index is 2.87. The summed E-state index contributed by atoms with van der Waals surface area (Å²) in [5.41, 5.74) is 5.77. The molecule has 3 heteroatoms. The van der Waals surface area contributed by atoms with Crippen LogP contribution < -0.4 is 5.73 Å². The summed E-state index contributed by atoms with van der Waals surface area (Å²) >= 11 is 0. The lowest BCUT2D eigenvalue weighted by Gasteiger charge is -2.09. The number of carbonyl (C=O) groups excluding carboxylic acids is 1. The second-order valence-corrected chi connectivity index (χ2v) is 3.84. The average molecular weight is 209 g/mol. The predicted molar refractivity (Wildman–Crippen MR) is 59.2 cm³/mol. The molecule has 0 heterocycles. The third kappa shape index (κ3) is 2.78. The normalized spacial score (nSPS) is 12.5. The summed E-state index contributed by atoms with van der Waals surface area (Å²) in [4.78, 5) is 11.7. The molecule has 2 nitrogen and oxygen atoms in total. The highest BCUT2D eigenvalue weighted by atomic mass is 19.1. The van der Waals surface area contributed by atoms with E-state index < -0.39 is 5.82 Å². The first kappa shape index (κ1) is 11.7. The molecule has 0 aliphatic rings. The van der Waals surface area contributed by atoms with E-state index in [1.54, 1.807) is 6.07 Å². The van der Waals surface area contributed by atoms with Crippen molar-refractivity contribution in [2.24, 2.45) is 5.92 Å². The van der Waals surface area contributed by atoms with Crippen LogP contribution in [0.5, 0.6) is 0 Å². The Labute approximate surface area is 89.3 Å². The molecule has 15 heavy (non-hydrogen) atoms. The second-order valence-electron chi connectivity index (χ2n) is 3.84. The van der Waals surface area contributed by atoms with Crippen LogP contribution in [0.4, 0.5) is 10.1 Å². The van der Waals surface area contributed by atoms with Crippen molar-refractivity contribution in [3.63, 3.8) is 0 Å². The van der Waals surface area contributed by atoms with Gasteiger partial charge in [0.05, 0.1) is 5.69 Å². The number of ketones is 1. The first-order chi connectivity index (χ1) is 7.06. The molecule has 0 aromatic heterocycles. The van der Waals surface area contributed by atoms with E-state index in [0.717, 1.165) is 6.42 Å². The molecule has 0 aliphatic heterocycles. The third-order valence-corrected chi connectivity index (χ3v) is 2.58. The monoisotopic (exact) mass is 209 g/mol. The third-order valence-electron chi connectivity index (χ3n) is 2.58. The van der Waals surface area contributed by atoms with Gasteiger partial charge in [-0.25, -0.2) is 4.39 Å². The molecule has 0 aliphatic carbocycles. The molecular formula is C12H16FNO. The van der Waals surface area contributed by atoms with Gasteiger partial charge in [-0.2, -0.15) is 0 Å². The zero-order chi connectivity index (χ0) is 11.4. The highest BCUT2D eigenvalue weighted by Crippen LogP contribution is 2.20. The molecule has 0 radical (unpaired) electrons. The molecule has 0 saturated carbocycles. The maximum Gasteiger partial charge on any atom is 0.165 e. The quantitative estimate of drug-likeness (QED) is 0.611. The number of anilines is 1. The minimum Gasteiger partial charge on any atom is -0.396 e. The first-order valence-corrected chi connectivity index (χ1v) is 5.13. The fourth-order valence-electron chi connectivity index (χ4n) is 1.35. The van der Waals surface area contributed by atoms with Gasteiger partial charge < -0.3 is 5.73 Å². The highest BCUT2D eigenvalue weighted by molar-refractivity contribution is 6.00. The molecule has 0 spiro atoms. The molecule has 1 aromatic carbocycles. The smallest absolute Gasteiger partial charge is 0.165 e. The maximum atomic E-state index is 13.1. The summed E-state index contributed by atoms with van der Waals surface area (Å²) in [5.74, 6) is -0.300. The van der Waals surface area contributed by atoms with Crippen molar-refractivity contribution in [1.29, 1.82) is 0 Å². The van der Waals surface area contributed by atoms with Gasteiger partial charge in [-0.3, -0.25) is 4.79 Å². The van der Waals surface area contributed by atoms with Crippen molar-refractivity contribution in [3.05, 3.63) is 29.6 Å². The summed E-state index contributed by atoms with van der Waals surface area (Å²) in [6.07, 6.45) is 1.35. The average Bonchev–Trinajstić information content (AvgIpc) is 2.21. The molecule has 0 fully saturated rings. The lowest BCUT2D eigenvalue weighted by atomic mass is 9.97. The van der Waals surface area contributed by atoms with Crippen molar-refractivity contribution >= 4 is 11.5 Å². The molecular weight excluding hydrogens is 193 g/mol. The lowest BCUT2D eigenvalue weighted by molar-refractivity contribution is 0.0964. The Morgan fingerprint density at radius 2 is 2.20 bits per heavy atom. The van der Waals surface area contributed by atoms with Crippen LogP contribution >= 0.6 is 0 Å². The fourth-order valence-corrected chi connectivity index (χ4v) is 1.35. The van der Waals surface area contributed by atoms with E-state index in [-0.39, 0.29) is 11.5 Å². The highest BCUT2D eigenvalue weighted by Gasteiger charge is 2.14. The summed E-state index contributed by atoms with van der Waals surface area (Å²) in [6.45, 7) is 4.01. The van der Waals surface area contributed by atoms with E-state index in [0.29, 0.717) is 17.9 Å². The Kier molecular flexibility index (Phi) is 3.83. The van der Waals surface area contributed by atoms with E-state index in [4.69, 9.17) is 5.73 Å². The number of hydrogen-bond donors (Lipinski definition) is 1. The van der Waals surface area contributed by atoms with E-state index in [2.05, 4.69) is 0 Å². The number of para-hydroxylation sites is 1. The van der Waals surface area contributed by atoms with Crippen molar-refractivity contribution in [2.75, 3.05) is 5.73 Å². The number of nitrogen functional groups attached to an aromatic ring is 1. The number of rotatable bonds is 4. The zero-order valence-electron chi connectivity index (χ0n) is 9.09. The van der Waals surface area contributed by atoms with Crippen LogP contribution in [0.1, 0.15) is 37.0 Å². The maximum absolute atomic E-state index is 13.1. The largest absolute Gasteiger partial charge is 0.396 e. The molecule has 82 valence electrons. The van der Waals surface area contributed by atoms with Crippen molar-refractivity contribution in [1.82, 2.24) is 0 Å². The minimum absolute atomic E-state index is 0.0363. The van der Waals surface area contributed by atoms with Gasteiger partial charge in [0.1, 0.15) is 5.82 Å². The predicted octanol–water partition coefficient (Wildman–Crippen LogP) is 3.03. The molecule has 1 atom stereocenters. The van der Waals surface area contributed by atoms with Gasteiger partial charge in [-0.05, 0) is 18.1 Å². The van der Waals surface area contributed by atoms with E-state index in [1.807, 2.05) is 13.8 Å². The Morgan fingerprint density at radius 3 is 2.80 bits per heavy atom. The Hall–Kier alpha value is -1.38. The van der Waals surface area contributed by atoms with Crippen LogP contribution in [0.3, 0.4) is 0 Å². The number of carbonyl (C=O) groups is 1. The number of halogens is 1. The Bertz CT molecular complexity index is 363. The molecule has 1 rings (SSSR count). The number of nitrogens with two attached hydrogens (primary N) is 1. The number of Topliss-reactive ketones (excluding diaryl/α,β-unsaturated/α-hetero) is 1. The van der Waals surface area contributed by atoms with Gasteiger partial charge in [0.2, 0.25) is 0 Å². The van der Waals surface area contributed by atoms with Crippen LogP contribution in [-0.2, 0) is 0 Å². The lowest BCUT2D eigenvalue weighted by Crippen LogP contribution is -2.09. The van der Waals surface area contributed by atoms with Gasteiger partial charge in [-0.1, -0.05) is 26.3 Å². The van der Waals surface area contributed by atoms with E-state index >= 15 is 0 Å². The fraction of sp³-hybridized carbons (Fsp3) is 0.417. The first-order valence-electron chi connectivity index (χ1n) is 5.13. The van der Waals surface area contributed by atoms with Crippen molar-refractivity contribution in [2.45, 2.75) is 26.7 Å². The van der Waals surface area contributed by atoms with Crippen LogP contribution in [0.2, 0.25) is 0 Å². The summed E-state index contributed by atoms with van der Waals surface area (Å²) in [6, 6.07) is 4.34. The summed E-state index contributed by atoms with van der Waals surface area (Å²) in [7, 11) is 0. The van der Waals surface area contributed by atoms with Crippen LogP contribution in [-0.4, -0.2) is 5.78 Å². The topological polar surface area (TPSA) is 43.1 Å². The molecule has 0 bridgehead atoms. The molecule has 2 N–H and O–H groups in total. The van der Waals surface area contributed by atoms with Crippen LogP contribution in [0, 0.1) is 11.7 Å². The van der Waals surface area contributed by atoms with Crippen LogP contribution in [0.15, 0.2) is 18.2 Å². The van der Waals surface area contributed by atoms with Gasteiger partial charge in [0.25, 0.3) is 0 Å². The zero-order valence-corrected chi connectivity index (χ0v) is 9.09. The molecule has 0 amide bonds. The van der Waals surface area contributed by atoms with E-state index in [1.165, 1.54) is 12.1 Å². The van der Waals surface area contributed by atoms with Crippen LogP contribution in [0.25, 0.3) is 0 Å². The van der Waals surface area contributed by atoms with Crippen molar-refractivity contribution < 1.29 is 9.18 Å². The number of benzene rings is 1. The van der Waals surface area contributed by atoms with Gasteiger partial charge in [0, 0.05) is 12.0 Å². The van der Waals surface area contributed by atoms with Gasteiger partial charge in [-0.15, -0.1) is 0 Å². The summed E-state index contributed by atoms with van der Waals surface area (Å²) in [5, 5.41) is 0. The SMILES string of the molecule is CCC(C)CC(=O)c1cccc(F)c1N. The van der Waals surface area contributed by atoms with Crippen molar-refractivity contribution in [3.8, 4) is 0 Å². The summed E-state index contributed by atoms with van der Waals surface area (Å²) < 4.78 is 13.1. The molecule has 1 unspecified atom stereocenters. The minimum atomic E-state index is -0.523. The van der Waals surface area contributed by atoms with Gasteiger partial charge >= 0.3 is 0 Å². The van der Waals surface area contributed by atoms with Gasteiger partial charge in [0.15, 0.2) is 5.78 Å². The Morgan fingerprint density at radius 1 is 1.53 bits per heavy atom. The number of hydrogen-bond acceptors (Lipinski definition) is 2. The second kappa shape index (κ2) is 4.91. The standard InChI is InChI=1S/C12H16FNO/c1-3-8(2)7-11(15)9-5-4-6-10(13)12(9)14/h4-6,8H,3,7,14H2,1-2H3.